The molecule has 1 N–H and O–H groups in total. The zero-order chi connectivity index (χ0) is 15.0. The zero-order valence-corrected chi connectivity index (χ0v) is 13.4. The predicted molar refractivity (Wildman–Crippen MR) is 88.4 cm³/mol. The molecule has 1 spiro atoms. The Morgan fingerprint density at radius 1 is 1.05 bits per heavy atom. The third-order valence-electron chi connectivity index (χ3n) is 6.68. The highest BCUT2D eigenvalue weighted by molar-refractivity contribution is 5.84. The Morgan fingerprint density at radius 3 is 2.55 bits per heavy atom. The summed E-state index contributed by atoms with van der Waals surface area (Å²) < 4.78 is 0. The SMILES string of the molecule is O=C1C[C@@H]2CC[C@H]1[C@H](NCc1ccccc1)C21CCCCC1. The van der Waals surface area contributed by atoms with Crippen molar-refractivity contribution in [3.8, 4) is 0 Å². The molecule has 0 unspecified atom stereocenters. The molecule has 2 heteroatoms. The second-order valence-corrected chi connectivity index (χ2v) is 7.69. The monoisotopic (exact) mass is 297 g/mol. The number of hydrogen-bond acceptors (Lipinski definition) is 2. The lowest BCUT2D eigenvalue weighted by molar-refractivity contribution is -0.144. The van der Waals surface area contributed by atoms with Crippen LogP contribution in [0.1, 0.15) is 56.9 Å². The molecule has 4 aliphatic carbocycles. The molecule has 4 saturated carbocycles. The van der Waals surface area contributed by atoms with Gasteiger partial charge in [0.15, 0.2) is 0 Å². The van der Waals surface area contributed by atoms with Crippen LogP contribution in [0.4, 0.5) is 0 Å². The number of rotatable bonds is 3. The third-order valence-corrected chi connectivity index (χ3v) is 6.68. The summed E-state index contributed by atoms with van der Waals surface area (Å²) in [6, 6.07) is 11.1. The number of nitrogens with one attached hydrogen (secondary N) is 1. The highest BCUT2D eigenvalue weighted by Crippen LogP contribution is 2.57. The van der Waals surface area contributed by atoms with Crippen molar-refractivity contribution < 1.29 is 4.79 Å². The van der Waals surface area contributed by atoms with E-state index in [2.05, 4.69) is 35.6 Å². The van der Waals surface area contributed by atoms with Gasteiger partial charge in [-0.2, -0.15) is 0 Å². The van der Waals surface area contributed by atoms with Crippen LogP contribution in [0.2, 0.25) is 0 Å². The molecule has 3 atom stereocenters. The van der Waals surface area contributed by atoms with E-state index < -0.39 is 0 Å². The normalized spacial score (nSPS) is 33.3. The highest BCUT2D eigenvalue weighted by Gasteiger charge is 2.57. The molecular formula is C20H27NO. The van der Waals surface area contributed by atoms with Gasteiger partial charge in [0.2, 0.25) is 0 Å². The maximum absolute atomic E-state index is 12.5. The number of Topliss-reactive ketones (excluding diaryl/α,β-unsaturated/α-hetero) is 1. The summed E-state index contributed by atoms with van der Waals surface area (Å²) in [7, 11) is 0. The van der Waals surface area contributed by atoms with Crippen molar-refractivity contribution in [1.29, 1.82) is 0 Å². The van der Waals surface area contributed by atoms with E-state index in [1.807, 2.05) is 0 Å². The number of carbonyl (C=O) groups is 1. The summed E-state index contributed by atoms with van der Waals surface area (Å²) in [5.74, 6) is 1.48. The van der Waals surface area contributed by atoms with Gasteiger partial charge in [0.05, 0.1) is 0 Å². The van der Waals surface area contributed by atoms with E-state index in [0.29, 0.717) is 23.2 Å². The second-order valence-electron chi connectivity index (χ2n) is 7.69. The Bertz CT molecular complexity index is 532. The lowest BCUT2D eigenvalue weighted by Crippen LogP contribution is -2.62. The largest absolute Gasteiger partial charge is 0.309 e. The Labute approximate surface area is 133 Å². The maximum Gasteiger partial charge on any atom is 0.137 e. The fourth-order valence-electron chi connectivity index (χ4n) is 5.63. The highest BCUT2D eigenvalue weighted by atomic mass is 16.1. The van der Waals surface area contributed by atoms with Crippen molar-refractivity contribution in [3.05, 3.63) is 35.9 Å². The number of benzene rings is 1. The summed E-state index contributed by atoms with van der Waals surface area (Å²) in [6.45, 7) is 0.907. The molecule has 5 rings (SSSR count). The van der Waals surface area contributed by atoms with Crippen LogP contribution in [0.15, 0.2) is 30.3 Å². The van der Waals surface area contributed by atoms with Gasteiger partial charge in [0.1, 0.15) is 5.78 Å². The van der Waals surface area contributed by atoms with E-state index in [4.69, 9.17) is 0 Å². The van der Waals surface area contributed by atoms with E-state index in [0.717, 1.165) is 19.4 Å². The van der Waals surface area contributed by atoms with E-state index >= 15 is 0 Å². The Balaban J connectivity index is 1.57. The fourth-order valence-corrected chi connectivity index (χ4v) is 5.63. The zero-order valence-electron chi connectivity index (χ0n) is 13.4. The van der Waals surface area contributed by atoms with Crippen LogP contribution in [0, 0.1) is 17.3 Å². The molecule has 2 bridgehead atoms. The molecule has 0 aromatic heterocycles. The molecular weight excluding hydrogens is 270 g/mol. The van der Waals surface area contributed by atoms with Gasteiger partial charge in [0.25, 0.3) is 0 Å². The lowest BCUT2D eigenvalue weighted by atomic mass is 9.48. The molecule has 4 fully saturated rings. The average Bonchev–Trinajstić information content (AvgIpc) is 2.57. The molecule has 0 saturated heterocycles. The summed E-state index contributed by atoms with van der Waals surface area (Å²) >= 11 is 0. The van der Waals surface area contributed by atoms with Crippen LogP contribution in [0.3, 0.4) is 0 Å². The molecule has 4 aliphatic rings. The minimum Gasteiger partial charge on any atom is -0.309 e. The van der Waals surface area contributed by atoms with E-state index in [1.54, 1.807) is 0 Å². The molecule has 118 valence electrons. The van der Waals surface area contributed by atoms with Crippen LogP contribution >= 0.6 is 0 Å². The number of ketones is 1. The minimum absolute atomic E-state index is 0.284. The van der Waals surface area contributed by atoms with E-state index in [9.17, 15) is 4.79 Å². The molecule has 1 aromatic rings. The molecule has 2 nitrogen and oxygen atoms in total. The fraction of sp³-hybridized carbons (Fsp3) is 0.650. The first-order chi connectivity index (χ1) is 10.8. The number of hydrogen-bond donors (Lipinski definition) is 1. The van der Waals surface area contributed by atoms with E-state index in [1.165, 1.54) is 44.1 Å². The average molecular weight is 297 g/mol. The maximum atomic E-state index is 12.5. The Hall–Kier alpha value is -1.15. The summed E-state index contributed by atoms with van der Waals surface area (Å²) in [6.07, 6.45) is 10.1. The van der Waals surface area contributed by atoms with Crippen molar-refractivity contribution in [2.75, 3.05) is 0 Å². The van der Waals surface area contributed by atoms with Gasteiger partial charge in [-0.25, -0.2) is 0 Å². The first-order valence-corrected chi connectivity index (χ1v) is 9.10. The molecule has 0 aliphatic heterocycles. The summed E-state index contributed by atoms with van der Waals surface area (Å²) in [5, 5.41) is 3.84. The minimum atomic E-state index is 0.284. The van der Waals surface area contributed by atoms with Gasteiger partial charge < -0.3 is 5.32 Å². The predicted octanol–water partition coefficient (Wildman–Crippen LogP) is 4.09. The quantitative estimate of drug-likeness (QED) is 0.910. The van der Waals surface area contributed by atoms with Gasteiger partial charge in [-0.3, -0.25) is 4.79 Å². The standard InChI is InChI=1S/C20H27NO/c22-18-13-16-9-10-17(18)19(20(16)11-5-2-6-12-20)21-14-15-7-3-1-4-8-15/h1,3-4,7-8,16-17,19,21H,2,5-6,9-14H2/t16-,17+,19-/m0/s1. The van der Waals surface area contributed by atoms with Crippen molar-refractivity contribution in [1.82, 2.24) is 5.32 Å². The third kappa shape index (κ3) is 2.32. The number of carbonyl (C=O) groups excluding carboxylic acids is 1. The molecule has 0 radical (unpaired) electrons. The van der Waals surface area contributed by atoms with Gasteiger partial charge in [0, 0.05) is 24.9 Å². The topological polar surface area (TPSA) is 29.1 Å². The molecule has 22 heavy (non-hydrogen) atoms. The van der Waals surface area contributed by atoms with Crippen LogP contribution in [-0.4, -0.2) is 11.8 Å². The van der Waals surface area contributed by atoms with Gasteiger partial charge >= 0.3 is 0 Å². The molecule has 1 aromatic carbocycles. The van der Waals surface area contributed by atoms with Gasteiger partial charge in [-0.15, -0.1) is 0 Å². The first-order valence-electron chi connectivity index (χ1n) is 9.10. The summed E-state index contributed by atoms with van der Waals surface area (Å²) in [4.78, 5) is 12.5. The Kier molecular flexibility index (Phi) is 3.81. The smallest absolute Gasteiger partial charge is 0.137 e. The van der Waals surface area contributed by atoms with Crippen molar-refractivity contribution in [2.45, 2.75) is 64.0 Å². The van der Waals surface area contributed by atoms with Crippen LogP contribution < -0.4 is 5.32 Å². The van der Waals surface area contributed by atoms with Crippen molar-refractivity contribution in [2.24, 2.45) is 17.3 Å². The first kappa shape index (κ1) is 14.4. The number of fused-ring (bicyclic) bond motifs is 2. The van der Waals surface area contributed by atoms with Crippen molar-refractivity contribution >= 4 is 5.78 Å². The van der Waals surface area contributed by atoms with Crippen LogP contribution in [0.5, 0.6) is 0 Å². The molecule has 0 heterocycles. The van der Waals surface area contributed by atoms with Gasteiger partial charge in [-0.1, -0.05) is 49.6 Å². The van der Waals surface area contributed by atoms with Crippen LogP contribution in [-0.2, 0) is 11.3 Å². The van der Waals surface area contributed by atoms with E-state index in [-0.39, 0.29) is 5.92 Å². The van der Waals surface area contributed by atoms with Gasteiger partial charge in [-0.05, 0) is 42.6 Å². The second kappa shape index (κ2) is 5.81. The Morgan fingerprint density at radius 2 is 1.82 bits per heavy atom. The molecule has 0 amide bonds. The lowest BCUT2D eigenvalue weighted by Gasteiger charge is -2.58. The summed E-state index contributed by atoms with van der Waals surface area (Å²) in [5.41, 5.74) is 1.76. The van der Waals surface area contributed by atoms with Crippen LogP contribution in [0.25, 0.3) is 0 Å². The van der Waals surface area contributed by atoms with Crippen molar-refractivity contribution in [3.63, 3.8) is 0 Å².